The number of nitrogens with one attached hydrogen (secondary N) is 2. The van der Waals surface area contributed by atoms with Crippen LogP contribution in [-0.4, -0.2) is 55.3 Å². The van der Waals surface area contributed by atoms with Gasteiger partial charge in [0.15, 0.2) is 0 Å². The Morgan fingerprint density at radius 1 is 1.27 bits per heavy atom. The molecule has 1 aromatic rings. The summed E-state index contributed by atoms with van der Waals surface area (Å²) in [5.74, 6) is 1.89. The normalized spacial score (nSPS) is 19.9. The van der Waals surface area contributed by atoms with Gasteiger partial charge in [0.25, 0.3) is 11.8 Å². The van der Waals surface area contributed by atoms with Crippen molar-refractivity contribution < 1.29 is 14.3 Å². The van der Waals surface area contributed by atoms with Gasteiger partial charge < -0.3 is 20.3 Å². The topological polar surface area (TPSA) is 70.7 Å². The molecule has 2 heterocycles. The minimum Gasteiger partial charge on any atom is -0.496 e. The van der Waals surface area contributed by atoms with Crippen LogP contribution in [0.1, 0.15) is 49.0 Å². The second-order valence-corrected chi connectivity index (χ2v) is 9.33. The number of carbonyl (C=O) groups is 2. The predicted octanol–water partition coefficient (Wildman–Crippen LogP) is 3.78. The molecule has 0 aliphatic carbocycles. The largest absolute Gasteiger partial charge is 0.496 e. The number of likely N-dealkylation sites (tertiary alicyclic amines) is 1. The molecule has 2 aliphatic rings. The second kappa shape index (κ2) is 10.9. The predicted molar refractivity (Wildman–Crippen MR) is 123 cm³/mol. The molecule has 1 saturated heterocycles. The first-order chi connectivity index (χ1) is 14.4. The molecule has 1 unspecified atom stereocenters. The van der Waals surface area contributed by atoms with Crippen LogP contribution in [0.2, 0.25) is 0 Å². The Labute approximate surface area is 183 Å². The summed E-state index contributed by atoms with van der Waals surface area (Å²) >= 11 is 1.50. The summed E-state index contributed by atoms with van der Waals surface area (Å²) in [7, 11) is 0. The first kappa shape index (κ1) is 22.7. The highest BCUT2D eigenvalue weighted by molar-refractivity contribution is 8.04. The molecule has 0 bridgehead atoms. The molecule has 6 nitrogen and oxygen atoms in total. The number of piperidine rings is 1. The summed E-state index contributed by atoms with van der Waals surface area (Å²) in [5, 5.41) is 5.94. The number of nitrogens with zero attached hydrogens (tertiary/aromatic N) is 1. The van der Waals surface area contributed by atoms with Crippen LogP contribution >= 0.6 is 11.8 Å². The zero-order chi connectivity index (χ0) is 21.5. The van der Waals surface area contributed by atoms with Crippen LogP contribution < -0.4 is 10.6 Å². The quantitative estimate of drug-likeness (QED) is 0.643. The number of carbonyl (C=O) groups excluding carboxylic acids is 2. The van der Waals surface area contributed by atoms with Gasteiger partial charge in [-0.25, -0.2) is 0 Å². The number of benzene rings is 1. The Morgan fingerprint density at radius 3 is 2.87 bits per heavy atom. The van der Waals surface area contributed by atoms with Gasteiger partial charge in [0, 0.05) is 30.1 Å². The van der Waals surface area contributed by atoms with E-state index in [1.807, 2.05) is 19.9 Å². The van der Waals surface area contributed by atoms with Crippen molar-refractivity contribution in [3.8, 4) is 0 Å². The van der Waals surface area contributed by atoms with Crippen LogP contribution in [0.25, 0.3) is 0 Å². The third-order valence-electron chi connectivity index (χ3n) is 5.60. The van der Waals surface area contributed by atoms with Crippen LogP contribution in [0.15, 0.2) is 28.9 Å². The van der Waals surface area contributed by atoms with E-state index in [0.29, 0.717) is 35.1 Å². The molecular formula is C23H33N3O3S. The SMILES string of the molecule is CC1=C(C(=O)Nc2cc(C(=O)NCCCN3CCCC(C)C3)ccc2C)SCCO1. The summed E-state index contributed by atoms with van der Waals surface area (Å²) in [4.78, 5) is 28.3. The van der Waals surface area contributed by atoms with Gasteiger partial charge in [-0.1, -0.05) is 13.0 Å². The van der Waals surface area contributed by atoms with Crippen molar-refractivity contribution in [2.24, 2.45) is 5.92 Å². The molecular weight excluding hydrogens is 398 g/mol. The molecule has 7 heteroatoms. The summed E-state index contributed by atoms with van der Waals surface area (Å²) in [6, 6.07) is 5.42. The van der Waals surface area contributed by atoms with Crippen molar-refractivity contribution in [3.63, 3.8) is 0 Å². The fourth-order valence-corrected chi connectivity index (χ4v) is 4.72. The van der Waals surface area contributed by atoms with E-state index in [2.05, 4.69) is 22.5 Å². The Bertz CT molecular complexity index is 809. The van der Waals surface area contributed by atoms with Crippen molar-refractivity contribution in [2.45, 2.75) is 40.0 Å². The number of hydrogen-bond donors (Lipinski definition) is 2. The molecule has 2 N–H and O–H groups in total. The number of amides is 2. The Hall–Kier alpha value is -1.99. The zero-order valence-corrected chi connectivity index (χ0v) is 19.1. The van der Waals surface area contributed by atoms with Crippen molar-refractivity contribution in [1.82, 2.24) is 10.2 Å². The van der Waals surface area contributed by atoms with Gasteiger partial charge >= 0.3 is 0 Å². The van der Waals surface area contributed by atoms with Crippen molar-refractivity contribution in [2.75, 3.05) is 43.9 Å². The van der Waals surface area contributed by atoms with E-state index < -0.39 is 0 Å². The monoisotopic (exact) mass is 431 g/mol. The average Bonchev–Trinajstić information content (AvgIpc) is 2.73. The minimum atomic E-state index is -0.186. The minimum absolute atomic E-state index is 0.108. The lowest BCUT2D eigenvalue weighted by molar-refractivity contribution is -0.112. The number of aryl methyl sites for hydroxylation is 1. The summed E-state index contributed by atoms with van der Waals surface area (Å²) < 4.78 is 5.48. The van der Waals surface area contributed by atoms with E-state index in [4.69, 9.17) is 4.74 Å². The molecule has 0 saturated carbocycles. The van der Waals surface area contributed by atoms with Crippen LogP contribution in [0.5, 0.6) is 0 Å². The van der Waals surface area contributed by atoms with Crippen molar-refractivity contribution >= 4 is 29.3 Å². The molecule has 1 atom stereocenters. The smallest absolute Gasteiger partial charge is 0.265 e. The van der Waals surface area contributed by atoms with Gasteiger partial charge in [-0.15, -0.1) is 11.8 Å². The van der Waals surface area contributed by atoms with Gasteiger partial charge in [0.1, 0.15) is 10.7 Å². The Morgan fingerprint density at radius 2 is 2.10 bits per heavy atom. The highest BCUT2D eigenvalue weighted by Gasteiger charge is 2.20. The number of hydrogen-bond acceptors (Lipinski definition) is 5. The first-order valence-electron chi connectivity index (χ1n) is 10.8. The molecule has 1 aromatic carbocycles. The molecule has 1 fully saturated rings. The molecule has 2 amide bonds. The molecule has 3 rings (SSSR count). The van der Waals surface area contributed by atoms with E-state index in [0.717, 1.165) is 36.7 Å². The third kappa shape index (κ3) is 6.25. The van der Waals surface area contributed by atoms with Crippen LogP contribution in [0.4, 0.5) is 5.69 Å². The number of thioether (sulfide) groups is 1. The molecule has 0 spiro atoms. The van der Waals surface area contributed by atoms with Crippen LogP contribution in [0.3, 0.4) is 0 Å². The maximum absolute atomic E-state index is 12.6. The lowest BCUT2D eigenvalue weighted by Crippen LogP contribution is -2.36. The Balaban J connectivity index is 1.52. The fourth-order valence-electron chi connectivity index (χ4n) is 3.90. The fraction of sp³-hybridized carbons (Fsp3) is 0.565. The van der Waals surface area contributed by atoms with Gasteiger partial charge in [-0.3, -0.25) is 9.59 Å². The number of allylic oxidation sites excluding steroid dienone is 1. The second-order valence-electron chi connectivity index (χ2n) is 8.22. The summed E-state index contributed by atoms with van der Waals surface area (Å²) in [6.45, 7) is 10.7. The molecule has 2 aliphatic heterocycles. The average molecular weight is 432 g/mol. The maximum atomic E-state index is 12.6. The summed E-state index contributed by atoms with van der Waals surface area (Å²) in [5.41, 5.74) is 2.13. The molecule has 0 radical (unpaired) electrons. The van der Waals surface area contributed by atoms with E-state index in [-0.39, 0.29) is 11.8 Å². The number of ether oxygens (including phenoxy) is 1. The molecule has 164 valence electrons. The van der Waals surface area contributed by atoms with E-state index in [1.165, 1.54) is 31.1 Å². The van der Waals surface area contributed by atoms with Gasteiger partial charge in [-0.2, -0.15) is 0 Å². The van der Waals surface area contributed by atoms with Gasteiger partial charge in [0.05, 0.1) is 6.61 Å². The van der Waals surface area contributed by atoms with Crippen molar-refractivity contribution in [3.05, 3.63) is 40.0 Å². The van der Waals surface area contributed by atoms with E-state index >= 15 is 0 Å². The standard InChI is InChI=1S/C23H33N3O3S/c1-16-6-4-10-26(15-16)11-5-9-24-22(27)19-8-7-17(2)20(14-19)25-23(28)21-18(3)29-12-13-30-21/h7-8,14,16H,4-6,9-13,15H2,1-3H3,(H,24,27)(H,25,28). The summed E-state index contributed by atoms with van der Waals surface area (Å²) in [6.07, 6.45) is 3.53. The van der Waals surface area contributed by atoms with E-state index in [9.17, 15) is 9.59 Å². The van der Waals surface area contributed by atoms with Crippen LogP contribution in [-0.2, 0) is 9.53 Å². The number of anilines is 1. The van der Waals surface area contributed by atoms with Gasteiger partial charge in [0.2, 0.25) is 0 Å². The number of rotatable bonds is 7. The lowest BCUT2D eigenvalue weighted by atomic mass is 10.0. The third-order valence-corrected chi connectivity index (χ3v) is 6.73. The van der Waals surface area contributed by atoms with Gasteiger partial charge in [-0.05, 0) is 69.8 Å². The first-order valence-corrected chi connectivity index (χ1v) is 11.8. The lowest BCUT2D eigenvalue weighted by Gasteiger charge is -2.30. The Kier molecular flexibility index (Phi) is 8.22. The zero-order valence-electron chi connectivity index (χ0n) is 18.3. The van der Waals surface area contributed by atoms with Crippen LogP contribution in [0, 0.1) is 12.8 Å². The molecule has 30 heavy (non-hydrogen) atoms. The highest BCUT2D eigenvalue weighted by Crippen LogP contribution is 2.27. The maximum Gasteiger partial charge on any atom is 0.265 e. The molecule has 0 aromatic heterocycles. The van der Waals surface area contributed by atoms with Crippen molar-refractivity contribution in [1.29, 1.82) is 0 Å². The van der Waals surface area contributed by atoms with E-state index in [1.54, 1.807) is 12.1 Å². The highest BCUT2D eigenvalue weighted by atomic mass is 32.2.